The van der Waals surface area contributed by atoms with Crippen molar-refractivity contribution in [1.82, 2.24) is 0 Å². The molecule has 0 saturated heterocycles. The highest BCUT2D eigenvalue weighted by atomic mass is 16.5. The zero-order valence-corrected chi connectivity index (χ0v) is 11.5. The third kappa shape index (κ3) is 4.49. The Morgan fingerprint density at radius 1 is 1.29 bits per heavy atom. The van der Waals surface area contributed by atoms with E-state index >= 15 is 0 Å². The quantitative estimate of drug-likeness (QED) is 0.819. The summed E-state index contributed by atoms with van der Waals surface area (Å²) in [5.74, 6) is 0. The molecule has 2 atom stereocenters. The minimum atomic E-state index is -0.0193. The molecule has 96 valence electrons. The number of benzene rings is 1. The Morgan fingerprint density at radius 3 is 2.65 bits per heavy atom. The summed E-state index contributed by atoms with van der Waals surface area (Å²) in [6.45, 7) is 9.08. The minimum Gasteiger partial charge on any atom is -0.377 e. The second kappa shape index (κ2) is 6.77. The predicted octanol–water partition coefficient (Wildman–Crippen LogP) is 3.51. The van der Waals surface area contributed by atoms with Crippen molar-refractivity contribution >= 4 is 0 Å². The van der Waals surface area contributed by atoms with Gasteiger partial charge in [0.25, 0.3) is 0 Å². The Hall–Kier alpha value is -0.860. The van der Waals surface area contributed by atoms with Crippen molar-refractivity contribution in [2.45, 2.75) is 52.7 Å². The van der Waals surface area contributed by atoms with E-state index in [1.807, 2.05) is 0 Å². The molecule has 0 saturated carbocycles. The van der Waals surface area contributed by atoms with Crippen molar-refractivity contribution < 1.29 is 4.74 Å². The Kier molecular flexibility index (Phi) is 5.66. The second-order valence-electron chi connectivity index (χ2n) is 4.90. The minimum absolute atomic E-state index is 0.0193. The number of hydrogen-bond donors (Lipinski definition) is 1. The standard InChI is InChI=1S/C15H25NO/c1-5-6-13(4)17-10-15(16)14-9-11(2)7-8-12(14)3/h7-9,13,15H,5-6,10,16H2,1-4H3. The second-order valence-corrected chi connectivity index (χ2v) is 4.90. The van der Waals surface area contributed by atoms with Crippen LogP contribution in [-0.4, -0.2) is 12.7 Å². The van der Waals surface area contributed by atoms with E-state index in [9.17, 15) is 0 Å². The summed E-state index contributed by atoms with van der Waals surface area (Å²) in [4.78, 5) is 0. The number of aryl methyl sites for hydroxylation is 2. The highest BCUT2D eigenvalue weighted by molar-refractivity contribution is 5.32. The van der Waals surface area contributed by atoms with Gasteiger partial charge in [-0.25, -0.2) is 0 Å². The maximum Gasteiger partial charge on any atom is 0.0663 e. The van der Waals surface area contributed by atoms with Crippen molar-refractivity contribution in [3.8, 4) is 0 Å². The molecular weight excluding hydrogens is 210 g/mol. The van der Waals surface area contributed by atoms with Crippen molar-refractivity contribution in [2.24, 2.45) is 5.73 Å². The lowest BCUT2D eigenvalue weighted by Gasteiger charge is -2.19. The van der Waals surface area contributed by atoms with Crippen LogP contribution in [0, 0.1) is 13.8 Å². The Morgan fingerprint density at radius 2 is 2.00 bits per heavy atom. The van der Waals surface area contributed by atoms with Gasteiger partial charge in [0.1, 0.15) is 0 Å². The maximum absolute atomic E-state index is 6.18. The van der Waals surface area contributed by atoms with E-state index in [1.54, 1.807) is 0 Å². The molecule has 0 aliphatic rings. The molecular formula is C15H25NO. The largest absolute Gasteiger partial charge is 0.377 e. The van der Waals surface area contributed by atoms with Crippen LogP contribution < -0.4 is 5.73 Å². The number of ether oxygens (including phenoxy) is 1. The fraction of sp³-hybridized carbons (Fsp3) is 0.600. The summed E-state index contributed by atoms with van der Waals surface area (Å²) >= 11 is 0. The van der Waals surface area contributed by atoms with Gasteiger partial charge in [-0.2, -0.15) is 0 Å². The summed E-state index contributed by atoms with van der Waals surface area (Å²) in [6.07, 6.45) is 2.55. The zero-order valence-electron chi connectivity index (χ0n) is 11.5. The van der Waals surface area contributed by atoms with E-state index in [-0.39, 0.29) is 6.04 Å². The van der Waals surface area contributed by atoms with E-state index in [0.717, 1.165) is 12.8 Å². The first kappa shape index (κ1) is 14.2. The number of hydrogen-bond acceptors (Lipinski definition) is 2. The fourth-order valence-electron chi connectivity index (χ4n) is 2.01. The first-order valence-corrected chi connectivity index (χ1v) is 6.49. The molecule has 2 nitrogen and oxygen atoms in total. The molecule has 0 fully saturated rings. The van der Waals surface area contributed by atoms with Crippen LogP contribution in [-0.2, 0) is 4.74 Å². The third-order valence-electron chi connectivity index (χ3n) is 3.09. The molecule has 1 aromatic carbocycles. The van der Waals surface area contributed by atoms with Gasteiger partial charge in [-0.3, -0.25) is 0 Å². The molecule has 0 amide bonds. The lowest BCUT2D eigenvalue weighted by atomic mass is 10.00. The van der Waals surface area contributed by atoms with Gasteiger partial charge in [0, 0.05) is 0 Å². The first-order chi connectivity index (χ1) is 8.04. The molecule has 0 bridgehead atoms. The van der Waals surface area contributed by atoms with E-state index in [2.05, 4.69) is 45.9 Å². The molecule has 0 heterocycles. The molecule has 0 aliphatic carbocycles. The maximum atomic E-state index is 6.18. The molecule has 1 rings (SSSR count). The average Bonchev–Trinajstić information content (AvgIpc) is 2.29. The smallest absolute Gasteiger partial charge is 0.0663 e. The highest BCUT2D eigenvalue weighted by Gasteiger charge is 2.11. The number of rotatable bonds is 6. The van der Waals surface area contributed by atoms with Crippen molar-refractivity contribution in [3.05, 3.63) is 34.9 Å². The van der Waals surface area contributed by atoms with Gasteiger partial charge in [-0.1, -0.05) is 37.1 Å². The van der Waals surface area contributed by atoms with Gasteiger partial charge in [0.15, 0.2) is 0 Å². The van der Waals surface area contributed by atoms with E-state index in [4.69, 9.17) is 10.5 Å². The first-order valence-electron chi connectivity index (χ1n) is 6.49. The molecule has 0 aromatic heterocycles. The molecule has 0 spiro atoms. The topological polar surface area (TPSA) is 35.2 Å². The molecule has 2 unspecified atom stereocenters. The van der Waals surface area contributed by atoms with Crippen molar-refractivity contribution in [1.29, 1.82) is 0 Å². The van der Waals surface area contributed by atoms with Crippen LogP contribution in [0.3, 0.4) is 0 Å². The summed E-state index contributed by atoms with van der Waals surface area (Å²) in [5.41, 5.74) is 9.88. The fourth-order valence-corrected chi connectivity index (χ4v) is 2.01. The van der Waals surface area contributed by atoms with Crippen molar-refractivity contribution in [2.75, 3.05) is 6.61 Å². The Bertz CT molecular complexity index is 349. The summed E-state index contributed by atoms with van der Waals surface area (Å²) < 4.78 is 5.77. The predicted molar refractivity (Wildman–Crippen MR) is 73.2 cm³/mol. The molecule has 1 aromatic rings. The lowest BCUT2D eigenvalue weighted by molar-refractivity contribution is 0.0502. The summed E-state index contributed by atoms with van der Waals surface area (Å²) in [7, 11) is 0. The number of nitrogens with two attached hydrogens (primary N) is 1. The van der Waals surface area contributed by atoms with Crippen LogP contribution in [0.15, 0.2) is 18.2 Å². The van der Waals surface area contributed by atoms with Crippen LogP contribution >= 0.6 is 0 Å². The SMILES string of the molecule is CCCC(C)OCC(N)c1cc(C)ccc1C. The van der Waals surface area contributed by atoms with E-state index in [1.165, 1.54) is 16.7 Å². The highest BCUT2D eigenvalue weighted by Crippen LogP contribution is 2.18. The summed E-state index contributed by atoms with van der Waals surface area (Å²) in [6, 6.07) is 6.38. The van der Waals surface area contributed by atoms with Crippen LogP contribution in [0.2, 0.25) is 0 Å². The van der Waals surface area contributed by atoms with Crippen LogP contribution in [0.4, 0.5) is 0 Å². The zero-order chi connectivity index (χ0) is 12.8. The van der Waals surface area contributed by atoms with Crippen LogP contribution in [0.1, 0.15) is 49.4 Å². The summed E-state index contributed by atoms with van der Waals surface area (Å²) in [5, 5.41) is 0. The van der Waals surface area contributed by atoms with Gasteiger partial charge >= 0.3 is 0 Å². The van der Waals surface area contributed by atoms with Gasteiger partial charge < -0.3 is 10.5 Å². The molecule has 2 N–H and O–H groups in total. The van der Waals surface area contributed by atoms with Gasteiger partial charge in [-0.15, -0.1) is 0 Å². The van der Waals surface area contributed by atoms with Crippen LogP contribution in [0.25, 0.3) is 0 Å². The Balaban J connectivity index is 2.57. The van der Waals surface area contributed by atoms with Gasteiger partial charge in [0.2, 0.25) is 0 Å². The monoisotopic (exact) mass is 235 g/mol. The molecule has 2 heteroatoms. The normalized spacial score (nSPS) is 14.6. The Labute approximate surface area is 105 Å². The van der Waals surface area contributed by atoms with Gasteiger partial charge in [-0.05, 0) is 38.3 Å². The van der Waals surface area contributed by atoms with E-state index < -0.39 is 0 Å². The lowest BCUT2D eigenvalue weighted by Crippen LogP contribution is -2.21. The van der Waals surface area contributed by atoms with Crippen molar-refractivity contribution in [3.63, 3.8) is 0 Å². The molecule has 0 radical (unpaired) electrons. The molecule has 17 heavy (non-hydrogen) atoms. The molecule has 0 aliphatic heterocycles. The van der Waals surface area contributed by atoms with Crippen LogP contribution in [0.5, 0.6) is 0 Å². The van der Waals surface area contributed by atoms with Gasteiger partial charge in [0.05, 0.1) is 18.8 Å². The van der Waals surface area contributed by atoms with E-state index in [0.29, 0.717) is 12.7 Å². The third-order valence-corrected chi connectivity index (χ3v) is 3.09. The average molecular weight is 235 g/mol.